The summed E-state index contributed by atoms with van der Waals surface area (Å²) in [5.74, 6) is 1.98. The lowest BCUT2D eigenvalue weighted by Gasteiger charge is -2.16. The van der Waals surface area contributed by atoms with Crippen LogP contribution in [0.2, 0.25) is 0 Å². The zero-order chi connectivity index (χ0) is 10.6. The Hall–Kier alpha value is -2.01. The Balaban J connectivity index is 2.88. The van der Waals surface area contributed by atoms with Crippen LogP contribution in [0.5, 0.6) is 0 Å². The van der Waals surface area contributed by atoms with Crippen molar-refractivity contribution < 1.29 is 4.79 Å². The SMILES string of the molecule is C#CC(=C)C(=O)N(C)c1ccccc1. The van der Waals surface area contributed by atoms with Crippen molar-refractivity contribution in [2.24, 2.45) is 0 Å². The lowest BCUT2D eigenvalue weighted by Crippen LogP contribution is -2.26. The van der Waals surface area contributed by atoms with Crippen LogP contribution in [0.15, 0.2) is 42.5 Å². The first-order valence-electron chi connectivity index (χ1n) is 4.15. The van der Waals surface area contributed by atoms with E-state index in [0.717, 1.165) is 5.69 Å². The highest BCUT2D eigenvalue weighted by molar-refractivity contribution is 6.07. The number of likely N-dealkylation sites (N-methyl/N-ethyl adjacent to an activating group) is 1. The number of benzene rings is 1. The molecule has 0 aliphatic rings. The summed E-state index contributed by atoms with van der Waals surface area (Å²) in [6.07, 6.45) is 5.09. The third-order valence-corrected chi connectivity index (χ3v) is 1.88. The Kier molecular flexibility index (Phi) is 3.09. The van der Waals surface area contributed by atoms with Gasteiger partial charge in [0, 0.05) is 12.7 Å². The second-order valence-electron chi connectivity index (χ2n) is 2.82. The van der Waals surface area contributed by atoms with Crippen molar-refractivity contribution >= 4 is 11.6 Å². The molecule has 1 aromatic carbocycles. The lowest BCUT2D eigenvalue weighted by atomic mass is 10.2. The first kappa shape index (κ1) is 10.1. The van der Waals surface area contributed by atoms with Gasteiger partial charge in [0.2, 0.25) is 0 Å². The van der Waals surface area contributed by atoms with Crippen molar-refractivity contribution in [2.45, 2.75) is 0 Å². The van der Waals surface area contributed by atoms with Crippen LogP contribution in [0.25, 0.3) is 0 Å². The normalized spacial score (nSPS) is 8.86. The number of para-hydroxylation sites is 1. The Labute approximate surface area is 83.9 Å². The summed E-state index contributed by atoms with van der Waals surface area (Å²) in [7, 11) is 1.67. The van der Waals surface area contributed by atoms with E-state index in [9.17, 15) is 4.79 Å². The van der Waals surface area contributed by atoms with E-state index in [-0.39, 0.29) is 11.5 Å². The maximum absolute atomic E-state index is 11.6. The first-order chi connectivity index (χ1) is 6.66. The molecule has 0 saturated heterocycles. The van der Waals surface area contributed by atoms with Crippen molar-refractivity contribution in [3.63, 3.8) is 0 Å². The van der Waals surface area contributed by atoms with Crippen LogP contribution in [0.4, 0.5) is 5.69 Å². The average Bonchev–Trinajstić information content (AvgIpc) is 2.27. The van der Waals surface area contributed by atoms with Crippen molar-refractivity contribution in [1.29, 1.82) is 0 Å². The number of carbonyl (C=O) groups is 1. The fourth-order valence-corrected chi connectivity index (χ4v) is 1.03. The van der Waals surface area contributed by atoms with Gasteiger partial charge >= 0.3 is 0 Å². The third-order valence-electron chi connectivity index (χ3n) is 1.88. The number of hydrogen-bond donors (Lipinski definition) is 0. The topological polar surface area (TPSA) is 20.3 Å². The molecule has 0 aliphatic heterocycles. The summed E-state index contributed by atoms with van der Waals surface area (Å²) >= 11 is 0. The van der Waals surface area contributed by atoms with Gasteiger partial charge in [0.05, 0.1) is 5.57 Å². The van der Waals surface area contributed by atoms with Gasteiger partial charge in [-0.1, -0.05) is 30.7 Å². The van der Waals surface area contributed by atoms with Crippen LogP contribution in [0.3, 0.4) is 0 Å². The van der Waals surface area contributed by atoms with Crippen LogP contribution in [-0.4, -0.2) is 13.0 Å². The van der Waals surface area contributed by atoms with Crippen LogP contribution in [-0.2, 0) is 4.79 Å². The molecule has 70 valence electrons. The van der Waals surface area contributed by atoms with Gasteiger partial charge in [0.25, 0.3) is 5.91 Å². The highest BCUT2D eigenvalue weighted by Gasteiger charge is 2.11. The molecule has 0 aromatic heterocycles. The first-order valence-corrected chi connectivity index (χ1v) is 4.15. The van der Waals surface area contributed by atoms with Gasteiger partial charge in [-0.25, -0.2) is 0 Å². The summed E-state index contributed by atoms with van der Waals surface area (Å²) in [6.45, 7) is 3.49. The standard InChI is InChI=1S/C12H11NO/c1-4-10(2)12(14)13(3)11-8-6-5-7-9-11/h1,5-9H,2H2,3H3. The molecule has 1 rings (SSSR count). The summed E-state index contributed by atoms with van der Waals surface area (Å²) < 4.78 is 0. The third kappa shape index (κ3) is 2.02. The van der Waals surface area contributed by atoms with Gasteiger partial charge in [-0.05, 0) is 12.1 Å². The van der Waals surface area contributed by atoms with Crippen molar-refractivity contribution in [2.75, 3.05) is 11.9 Å². The molecule has 0 heterocycles. The van der Waals surface area contributed by atoms with E-state index in [1.165, 1.54) is 4.90 Å². The van der Waals surface area contributed by atoms with E-state index in [4.69, 9.17) is 6.42 Å². The second-order valence-corrected chi connectivity index (χ2v) is 2.82. The summed E-state index contributed by atoms with van der Waals surface area (Å²) in [6, 6.07) is 9.27. The lowest BCUT2D eigenvalue weighted by molar-refractivity contribution is -0.114. The van der Waals surface area contributed by atoms with E-state index in [1.807, 2.05) is 30.3 Å². The zero-order valence-electron chi connectivity index (χ0n) is 8.03. The second kappa shape index (κ2) is 4.29. The molecule has 0 radical (unpaired) electrons. The summed E-state index contributed by atoms with van der Waals surface area (Å²) in [5.41, 5.74) is 0.963. The van der Waals surface area contributed by atoms with Crippen molar-refractivity contribution in [3.8, 4) is 12.3 Å². The van der Waals surface area contributed by atoms with E-state index in [0.29, 0.717) is 0 Å². The molecule has 0 N–H and O–H groups in total. The van der Waals surface area contributed by atoms with Crippen LogP contribution in [0.1, 0.15) is 0 Å². The predicted molar refractivity (Wildman–Crippen MR) is 57.8 cm³/mol. The molecule has 2 nitrogen and oxygen atoms in total. The molecule has 0 bridgehead atoms. The molecule has 0 atom stereocenters. The van der Waals surface area contributed by atoms with Gasteiger partial charge in [-0.15, -0.1) is 6.42 Å². The molecule has 0 unspecified atom stereocenters. The average molecular weight is 185 g/mol. The highest BCUT2D eigenvalue weighted by atomic mass is 16.2. The van der Waals surface area contributed by atoms with Gasteiger partial charge in [0.15, 0.2) is 0 Å². The molecule has 14 heavy (non-hydrogen) atoms. The zero-order valence-corrected chi connectivity index (χ0v) is 8.03. The Morgan fingerprint density at radius 2 is 2.00 bits per heavy atom. The van der Waals surface area contributed by atoms with E-state index in [1.54, 1.807) is 7.05 Å². The van der Waals surface area contributed by atoms with E-state index >= 15 is 0 Å². The Bertz CT molecular complexity index is 387. The summed E-state index contributed by atoms with van der Waals surface area (Å²) in [4.78, 5) is 13.0. The van der Waals surface area contributed by atoms with Crippen LogP contribution >= 0.6 is 0 Å². The molecular formula is C12H11NO. The number of hydrogen-bond acceptors (Lipinski definition) is 1. The predicted octanol–water partition coefficient (Wildman–Crippen LogP) is 1.84. The molecule has 2 heteroatoms. The highest BCUT2D eigenvalue weighted by Crippen LogP contribution is 2.12. The molecular weight excluding hydrogens is 174 g/mol. The van der Waals surface area contributed by atoms with Gasteiger partial charge in [-0.2, -0.15) is 0 Å². The molecule has 1 amide bonds. The van der Waals surface area contributed by atoms with E-state index in [2.05, 4.69) is 12.5 Å². The molecule has 0 aliphatic carbocycles. The Morgan fingerprint density at radius 1 is 1.43 bits per heavy atom. The molecule has 0 spiro atoms. The van der Waals surface area contributed by atoms with Crippen molar-refractivity contribution in [1.82, 2.24) is 0 Å². The number of rotatable bonds is 2. The fraction of sp³-hybridized carbons (Fsp3) is 0.0833. The molecule has 0 fully saturated rings. The molecule has 1 aromatic rings. The number of terminal acetylenes is 1. The van der Waals surface area contributed by atoms with Crippen LogP contribution in [0, 0.1) is 12.3 Å². The minimum atomic E-state index is -0.251. The number of anilines is 1. The van der Waals surface area contributed by atoms with Crippen molar-refractivity contribution in [3.05, 3.63) is 42.5 Å². The van der Waals surface area contributed by atoms with Gasteiger partial charge in [-0.3, -0.25) is 4.79 Å². The van der Waals surface area contributed by atoms with E-state index < -0.39 is 0 Å². The monoisotopic (exact) mass is 185 g/mol. The minimum Gasteiger partial charge on any atom is -0.311 e. The summed E-state index contributed by atoms with van der Waals surface area (Å²) in [5, 5.41) is 0. The smallest absolute Gasteiger partial charge is 0.265 e. The maximum atomic E-state index is 11.6. The number of amides is 1. The van der Waals surface area contributed by atoms with Crippen LogP contribution < -0.4 is 4.90 Å². The Morgan fingerprint density at radius 3 is 2.50 bits per heavy atom. The maximum Gasteiger partial charge on any atom is 0.265 e. The quantitative estimate of drug-likeness (QED) is 0.508. The number of carbonyl (C=O) groups excluding carboxylic acids is 1. The van der Waals surface area contributed by atoms with Gasteiger partial charge in [0.1, 0.15) is 0 Å². The minimum absolute atomic E-state index is 0.163. The van der Waals surface area contributed by atoms with Gasteiger partial charge < -0.3 is 4.90 Å². The fourth-order valence-electron chi connectivity index (χ4n) is 1.03. The number of nitrogens with zero attached hydrogens (tertiary/aromatic N) is 1. The largest absolute Gasteiger partial charge is 0.311 e. The molecule has 0 saturated carbocycles.